The fourth-order valence-corrected chi connectivity index (χ4v) is 3.08. The maximum Gasteiger partial charge on any atom is 0.167 e. The molecule has 144 valence electrons. The lowest BCUT2D eigenvalue weighted by atomic mass is 10.2. The van der Waals surface area contributed by atoms with Gasteiger partial charge in [-0.05, 0) is 23.8 Å². The molecule has 0 radical (unpaired) electrons. The predicted octanol–water partition coefficient (Wildman–Crippen LogP) is 1.51. The van der Waals surface area contributed by atoms with E-state index >= 15 is 0 Å². The number of aliphatic hydroxyl groups is 1. The fourth-order valence-electron chi connectivity index (χ4n) is 3.08. The maximum atomic E-state index is 9.06. The molecule has 4 aromatic heterocycles. The maximum absolute atomic E-state index is 9.06. The summed E-state index contributed by atoms with van der Waals surface area (Å²) in [6, 6.07) is 7.83. The molecule has 0 aromatic carbocycles. The van der Waals surface area contributed by atoms with Gasteiger partial charge in [-0.1, -0.05) is 6.07 Å². The Balaban J connectivity index is 1.62. The first-order valence-electron chi connectivity index (χ1n) is 8.94. The van der Waals surface area contributed by atoms with E-state index in [9.17, 15) is 0 Å². The van der Waals surface area contributed by atoms with E-state index in [0.717, 1.165) is 28.2 Å². The minimum absolute atomic E-state index is 0.0380. The number of imidazole rings is 1. The van der Waals surface area contributed by atoms with Crippen LogP contribution in [0.2, 0.25) is 0 Å². The SMILES string of the molecule is CNc1ccc(-c2cnn(CCO)c2)nc1N(N)Cc1ccc2nccn2c1. The van der Waals surface area contributed by atoms with E-state index in [0.29, 0.717) is 18.9 Å². The Bertz CT molecular complexity index is 1090. The second kappa shape index (κ2) is 7.67. The number of aromatic nitrogens is 5. The van der Waals surface area contributed by atoms with Crippen molar-refractivity contribution in [2.75, 3.05) is 24.0 Å². The lowest BCUT2D eigenvalue weighted by molar-refractivity contribution is 0.269. The first-order chi connectivity index (χ1) is 13.7. The Morgan fingerprint density at radius 3 is 2.93 bits per heavy atom. The van der Waals surface area contributed by atoms with Crippen molar-refractivity contribution in [3.63, 3.8) is 0 Å². The Morgan fingerprint density at radius 2 is 2.11 bits per heavy atom. The second-order valence-corrected chi connectivity index (χ2v) is 6.39. The molecule has 0 saturated carbocycles. The van der Waals surface area contributed by atoms with Gasteiger partial charge in [0.05, 0.1) is 37.3 Å². The third kappa shape index (κ3) is 3.53. The first kappa shape index (κ1) is 18.0. The van der Waals surface area contributed by atoms with Crippen molar-refractivity contribution in [1.82, 2.24) is 24.1 Å². The van der Waals surface area contributed by atoms with Gasteiger partial charge in [-0.25, -0.2) is 15.8 Å². The highest BCUT2D eigenvalue weighted by atomic mass is 16.3. The molecule has 0 bridgehead atoms. The molecule has 0 aliphatic heterocycles. The van der Waals surface area contributed by atoms with Gasteiger partial charge in [-0.15, -0.1) is 0 Å². The number of hydrogen-bond donors (Lipinski definition) is 3. The highest BCUT2D eigenvalue weighted by Gasteiger charge is 2.13. The van der Waals surface area contributed by atoms with Crippen LogP contribution in [0.4, 0.5) is 11.5 Å². The summed E-state index contributed by atoms with van der Waals surface area (Å²) in [5, 5.41) is 18.1. The molecule has 0 atom stereocenters. The molecule has 4 N–H and O–H groups in total. The molecule has 9 nitrogen and oxygen atoms in total. The van der Waals surface area contributed by atoms with Gasteiger partial charge in [0.1, 0.15) is 5.65 Å². The van der Waals surface area contributed by atoms with E-state index in [1.54, 1.807) is 22.1 Å². The molecule has 4 heterocycles. The van der Waals surface area contributed by atoms with Crippen molar-refractivity contribution < 1.29 is 5.11 Å². The van der Waals surface area contributed by atoms with E-state index in [2.05, 4.69) is 15.4 Å². The summed E-state index contributed by atoms with van der Waals surface area (Å²) in [7, 11) is 1.84. The van der Waals surface area contributed by atoms with E-state index < -0.39 is 0 Å². The van der Waals surface area contributed by atoms with Crippen LogP contribution in [0.15, 0.2) is 55.2 Å². The number of pyridine rings is 2. The van der Waals surface area contributed by atoms with Crippen molar-refractivity contribution in [3.8, 4) is 11.3 Å². The summed E-state index contributed by atoms with van der Waals surface area (Å²) < 4.78 is 3.64. The third-order valence-corrected chi connectivity index (χ3v) is 4.48. The number of hydrazine groups is 1. The Kier molecular flexibility index (Phi) is 4.92. The highest BCUT2D eigenvalue weighted by Crippen LogP contribution is 2.27. The van der Waals surface area contributed by atoms with E-state index in [1.165, 1.54) is 0 Å². The number of hydrogen-bond acceptors (Lipinski definition) is 7. The highest BCUT2D eigenvalue weighted by molar-refractivity contribution is 5.70. The van der Waals surface area contributed by atoms with Crippen LogP contribution < -0.4 is 16.2 Å². The summed E-state index contributed by atoms with van der Waals surface area (Å²) in [4.78, 5) is 9.00. The summed E-state index contributed by atoms with van der Waals surface area (Å²) in [5.74, 6) is 7.01. The molecule has 28 heavy (non-hydrogen) atoms. The van der Waals surface area contributed by atoms with Crippen LogP contribution in [-0.4, -0.2) is 42.9 Å². The zero-order valence-electron chi connectivity index (χ0n) is 15.5. The van der Waals surface area contributed by atoms with Gasteiger partial charge in [-0.2, -0.15) is 5.10 Å². The van der Waals surface area contributed by atoms with Crippen LogP contribution in [0.3, 0.4) is 0 Å². The average molecular weight is 378 g/mol. The average Bonchev–Trinajstić information content (AvgIpc) is 3.37. The monoisotopic (exact) mass is 378 g/mol. The van der Waals surface area contributed by atoms with Gasteiger partial charge < -0.3 is 14.8 Å². The van der Waals surface area contributed by atoms with Crippen molar-refractivity contribution >= 4 is 17.2 Å². The van der Waals surface area contributed by atoms with Crippen LogP contribution in [0.5, 0.6) is 0 Å². The van der Waals surface area contributed by atoms with Crippen LogP contribution in [0.25, 0.3) is 16.9 Å². The minimum Gasteiger partial charge on any atom is -0.394 e. The molecular formula is C19H22N8O. The van der Waals surface area contributed by atoms with E-state index in [1.807, 2.05) is 54.3 Å². The summed E-state index contributed by atoms with van der Waals surface area (Å²) in [5.41, 5.74) is 4.39. The number of aliphatic hydroxyl groups excluding tert-OH is 1. The van der Waals surface area contributed by atoms with Gasteiger partial charge in [0.2, 0.25) is 0 Å². The Morgan fingerprint density at radius 1 is 1.21 bits per heavy atom. The van der Waals surface area contributed by atoms with Crippen LogP contribution in [-0.2, 0) is 13.1 Å². The molecular weight excluding hydrogens is 356 g/mol. The fraction of sp³-hybridized carbons (Fsp3) is 0.211. The number of rotatable bonds is 7. The van der Waals surface area contributed by atoms with Crippen LogP contribution in [0.1, 0.15) is 5.56 Å². The largest absolute Gasteiger partial charge is 0.394 e. The summed E-state index contributed by atoms with van der Waals surface area (Å²) in [6.07, 6.45) is 9.26. The molecule has 0 fully saturated rings. The Labute approximate surface area is 162 Å². The van der Waals surface area contributed by atoms with Crippen molar-refractivity contribution in [2.24, 2.45) is 5.84 Å². The van der Waals surface area contributed by atoms with Crippen molar-refractivity contribution in [3.05, 3.63) is 60.8 Å². The quantitative estimate of drug-likeness (QED) is 0.330. The summed E-state index contributed by atoms with van der Waals surface area (Å²) in [6.45, 7) is 0.973. The van der Waals surface area contributed by atoms with Crippen molar-refractivity contribution in [1.29, 1.82) is 0 Å². The standard InChI is InChI=1S/C19H22N8O/c1-21-17-4-3-16(15-10-23-26(13-15)8-9-28)24-19(17)27(20)12-14-2-5-18-22-6-7-25(18)11-14/h2-7,10-11,13,21,28H,8-9,12,20H2,1H3. The summed E-state index contributed by atoms with van der Waals surface area (Å²) >= 11 is 0. The van der Waals surface area contributed by atoms with E-state index in [-0.39, 0.29) is 6.61 Å². The Hall–Kier alpha value is -3.43. The zero-order chi connectivity index (χ0) is 19.5. The lowest BCUT2D eigenvalue weighted by Gasteiger charge is -2.21. The normalized spacial score (nSPS) is 11.1. The molecule has 0 saturated heterocycles. The van der Waals surface area contributed by atoms with Gasteiger partial charge in [0, 0.05) is 37.4 Å². The van der Waals surface area contributed by atoms with Crippen LogP contribution in [0, 0.1) is 0 Å². The molecule has 0 aliphatic rings. The third-order valence-electron chi connectivity index (χ3n) is 4.48. The van der Waals surface area contributed by atoms with Gasteiger partial charge >= 0.3 is 0 Å². The molecule has 0 amide bonds. The second-order valence-electron chi connectivity index (χ2n) is 6.39. The van der Waals surface area contributed by atoms with E-state index in [4.69, 9.17) is 15.9 Å². The number of fused-ring (bicyclic) bond motifs is 1. The number of nitrogens with one attached hydrogen (secondary N) is 1. The zero-order valence-corrected chi connectivity index (χ0v) is 15.5. The molecule has 4 aromatic rings. The molecule has 0 unspecified atom stereocenters. The van der Waals surface area contributed by atoms with Crippen molar-refractivity contribution in [2.45, 2.75) is 13.1 Å². The first-order valence-corrected chi connectivity index (χ1v) is 8.94. The molecule has 4 rings (SSSR count). The smallest absolute Gasteiger partial charge is 0.167 e. The van der Waals surface area contributed by atoms with Gasteiger partial charge in [0.15, 0.2) is 5.82 Å². The van der Waals surface area contributed by atoms with Crippen LogP contribution >= 0.6 is 0 Å². The lowest BCUT2D eigenvalue weighted by Crippen LogP contribution is -2.31. The molecule has 9 heteroatoms. The minimum atomic E-state index is 0.0380. The number of nitrogens with two attached hydrogens (primary N) is 1. The predicted molar refractivity (Wildman–Crippen MR) is 108 cm³/mol. The van der Waals surface area contributed by atoms with Gasteiger partial charge in [-0.3, -0.25) is 9.69 Å². The topological polar surface area (TPSA) is 110 Å². The number of anilines is 2. The molecule has 0 spiro atoms. The number of nitrogens with zero attached hydrogens (tertiary/aromatic N) is 6. The molecule has 0 aliphatic carbocycles. The van der Waals surface area contributed by atoms with Gasteiger partial charge in [0.25, 0.3) is 0 Å².